The molecule has 0 atom stereocenters. The van der Waals surface area contributed by atoms with Gasteiger partial charge in [0, 0.05) is 386 Å². The molecule has 0 heterocycles. The maximum atomic E-state index is 0. The molecule has 0 spiro atoms. The monoisotopic (exact) mass is 936 g/mol. The van der Waals surface area contributed by atoms with E-state index >= 15 is 0 Å². The summed E-state index contributed by atoms with van der Waals surface area (Å²) < 4.78 is 0. The zero-order chi connectivity index (χ0) is 0. The minimum absolute atomic E-state index is 0. The first-order valence-corrected chi connectivity index (χ1v) is 0. The Morgan fingerprint density at radius 3 is 0.200 bits per heavy atom. The van der Waals surface area contributed by atoms with Gasteiger partial charge in [0.15, 0.2) is 0 Å². The summed E-state index contributed by atoms with van der Waals surface area (Å²) in [6, 6.07) is 0. The fourth-order valence-corrected chi connectivity index (χ4v) is 0. The van der Waals surface area contributed by atoms with Crippen molar-refractivity contribution in [3.8, 4) is 0 Å². The number of hydrogen-bond donors (Lipinski definition) is 0. The molecule has 0 saturated carbocycles. The van der Waals surface area contributed by atoms with Crippen molar-refractivity contribution >= 4 is 318 Å². The first-order valence-electron chi connectivity index (χ1n) is 0. The van der Waals surface area contributed by atoms with Gasteiger partial charge < -0.3 is 0 Å². The molecule has 0 unspecified atom stereocenters. The van der Waals surface area contributed by atoms with E-state index < -0.39 is 0 Å². The van der Waals surface area contributed by atoms with Crippen molar-refractivity contribution in [3.63, 3.8) is 0 Å². The Kier molecular flexibility index (Phi) is 384. The predicted octanol–water partition coefficient (Wildman–Crippen LogP) is -2.67. The Bertz CT molecular complexity index is 8.81. The molecule has 0 fully saturated rings. The predicted molar refractivity (Wildman–Crippen MR) is 40.3 cm³/mol. The Hall–Kier alpha value is 12.6. The molecule has 10 heteroatoms. The zero-order valence-corrected chi connectivity index (χ0v) is 34.6. The molecule has 0 aliphatic carbocycles. The first kappa shape index (κ1) is 66.4. The van der Waals surface area contributed by atoms with E-state index in [0.717, 1.165) is 0 Å². The molecule has 0 amide bonds. The third-order valence-corrected chi connectivity index (χ3v) is 0. The average molecular weight is 937 g/mol. The van der Waals surface area contributed by atoms with Gasteiger partial charge in [0.1, 0.15) is 0 Å². The smallest absolute Gasteiger partial charge is 0 e. The van der Waals surface area contributed by atoms with Gasteiger partial charge >= 0.3 is 0 Å². The fourth-order valence-electron chi connectivity index (χ4n) is 0. The van der Waals surface area contributed by atoms with Crippen LogP contribution in [0.4, 0.5) is 0 Å². The largest absolute Gasteiger partial charge is 0 e. The molecule has 0 rings (SSSR count). The third kappa shape index (κ3) is 49.9. The minimum atomic E-state index is 0. The van der Waals surface area contributed by atoms with E-state index in [9.17, 15) is 0 Å². The summed E-state index contributed by atoms with van der Waals surface area (Å²) in [6.45, 7) is 0. The summed E-state index contributed by atoms with van der Waals surface area (Å²) in [5.41, 5.74) is 0. The van der Waals surface area contributed by atoms with E-state index in [4.69, 9.17) is 0 Å². The quantitative estimate of drug-likeness (QED) is 0.233. The van der Waals surface area contributed by atoms with Crippen molar-refractivity contribution in [2.45, 2.75) is 0 Å². The second kappa shape index (κ2) is 57.7. The first-order chi connectivity index (χ1) is 0. The standard InChI is InChI=1S/3Ag.7Sr. The average Bonchev–Trinajstić information content (AvgIpc) is 0. The normalized spacial score (nSPS) is 0. The summed E-state index contributed by atoms with van der Waals surface area (Å²) in [6.07, 6.45) is 0. The van der Waals surface area contributed by atoms with Gasteiger partial charge in [-0.1, -0.05) is 0 Å². The molecule has 47 valence electrons. The van der Waals surface area contributed by atoms with Gasteiger partial charge in [0.05, 0.1) is 0 Å². The Morgan fingerprint density at radius 1 is 0.200 bits per heavy atom. The molecular weight excluding hydrogens is 937 g/mol. The summed E-state index contributed by atoms with van der Waals surface area (Å²) in [7, 11) is 0. The summed E-state index contributed by atoms with van der Waals surface area (Å²) in [4.78, 5) is 0. The topological polar surface area (TPSA) is 0 Å². The third-order valence-electron chi connectivity index (χ3n) is 0. The molecule has 0 bridgehead atoms. The maximum Gasteiger partial charge on any atom is 0 e. The van der Waals surface area contributed by atoms with Crippen molar-refractivity contribution in [3.05, 3.63) is 0 Å². The van der Waals surface area contributed by atoms with Crippen molar-refractivity contribution in [1.29, 1.82) is 0 Å². The molecule has 0 aromatic heterocycles. The number of rotatable bonds is 0. The molecule has 0 aliphatic rings. The van der Waals surface area contributed by atoms with E-state index in [1.54, 1.807) is 0 Å². The molecule has 0 aromatic rings. The van der Waals surface area contributed by atoms with Crippen LogP contribution in [0, 0.1) is 0 Å². The van der Waals surface area contributed by atoms with E-state index in [0.29, 0.717) is 0 Å². The van der Waals surface area contributed by atoms with Crippen molar-refractivity contribution in [2.75, 3.05) is 0 Å². The van der Waals surface area contributed by atoms with Gasteiger partial charge in [-0.15, -0.1) is 0 Å². The van der Waals surface area contributed by atoms with Crippen LogP contribution in [0.3, 0.4) is 0 Å². The second-order valence-corrected chi connectivity index (χ2v) is 0. The van der Waals surface area contributed by atoms with Crippen LogP contribution in [-0.4, -0.2) is 318 Å². The summed E-state index contributed by atoms with van der Waals surface area (Å²) >= 11 is 0. The van der Waals surface area contributed by atoms with Crippen molar-refractivity contribution in [1.82, 2.24) is 0 Å². The Morgan fingerprint density at radius 2 is 0.200 bits per heavy atom. The van der Waals surface area contributed by atoms with Crippen LogP contribution in [0.25, 0.3) is 0 Å². The van der Waals surface area contributed by atoms with Gasteiger partial charge in [-0.05, 0) is 0 Å². The van der Waals surface area contributed by atoms with Crippen LogP contribution in [0.15, 0.2) is 0 Å². The second-order valence-electron chi connectivity index (χ2n) is 0. The van der Waals surface area contributed by atoms with Crippen LogP contribution >= 0.6 is 0 Å². The Balaban J connectivity index is 0. The Labute approximate surface area is 370 Å². The van der Waals surface area contributed by atoms with E-state index in [1.807, 2.05) is 0 Å². The molecular formula is Ag3Sr7. The number of hydrogen-bond acceptors (Lipinski definition) is 0. The van der Waals surface area contributed by atoms with E-state index in [1.165, 1.54) is 0 Å². The van der Waals surface area contributed by atoms with Gasteiger partial charge in [-0.2, -0.15) is 0 Å². The molecule has 0 saturated heterocycles. The van der Waals surface area contributed by atoms with Crippen LogP contribution < -0.4 is 0 Å². The van der Waals surface area contributed by atoms with Crippen molar-refractivity contribution < 1.29 is 67.1 Å². The van der Waals surface area contributed by atoms with Gasteiger partial charge in [-0.25, -0.2) is 0 Å². The van der Waals surface area contributed by atoms with Crippen LogP contribution in [0.1, 0.15) is 0 Å². The molecule has 0 nitrogen and oxygen atoms in total. The van der Waals surface area contributed by atoms with Gasteiger partial charge in [-0.3, -0.25) is 0 Å². The fraction of sp³-hybridized carbons (Fsp3) is 0. The van der Waals surface area contributed by atoms with E-state index in [2.05, 4.69) is 0 Å². The van der Waals surface area contributed by atoms with Gasteiger partial charge in [0.25, 0.3) is 0 Å². The molecule has 10 heavy (non-hydrogen) atoms. The summed E-state index contributed by atoms with van der Waals surface area (Å²) in [5.74, 6) is 0. The minimum Gasteiger partial charge on any atom is 0 e. The summed E-state index contributed by atoms with van der Waals surface area (Å²) in [5, 5.41) is 0. The van der Waals surface area contributed by atoms with Crippen LogP contribution in [0.2, 0.25) is 0 Å². The molecule has 0 aromatic carbocycles. The van der Waals surface area contributed by atoms with Crippen molar-refractivity contribution in [2.24, 2.45) is 0 Å². The van der Waals surface area contributed by atoms with Gasteiger partial charge in [0.2, 0.25) is 0 Å². The maximum absolute atomic E-state index is 0. The van der Waals surface area contributed by atoms with Crippen LogP contribution in [0.5, 0.6) is 0 Å². The molecule has 17 radical (unpaired) electrons. The SMILES string of the molecule is [Ag].[Ag].[Ag].[Sr].[Sr].[Sr].[Sr].[Sr].[Sr].[Sr]. The zero-order valence-electron chi connectivity index (χ0n) is 5.85. The van der Waals surface area contributed by atoms with E-state index in [-0.39, 0.29) is 386 Å². The molecule has 0 N–H and O–H groups in total. The molecule has 0 aliphatic heterocycles. The van der Waals surface area contributed by atoms with Crippen LogP contribution in [-0.2, 0) is 67.1 Å².